The molecule has 0 saturated carbocycles. The maximum atomic E-state index is 6.31. The maximum Gasteiger partial charge on any atom is 0.128 e. The standard InChI is InChI=1S/C26H26Cl2N6O/c1-16(24-20(27)11-30-12-21(24)28)35-18-4-5-22-19(9-18)25(33-32-22)17-3-6-23(31-10-17)34-14-26(15-34)7-2-8-29-13-26/h3-6,9-12,16,29H,2,7-8,13-15H2,1H3,(H,32,33). The van der Waals surface area contributed by atoms with Gasteiger partial charge in [0.15, 0.2) is 0 Å². The average Bonchev–Trinajstić information content (AvgIpc) is 3.26. The molecule has 35 heavy (non-hydrogen) atoms. The first-order chi connectivity index (χ1) is 17.0. The second-order valence-corrected chi connectivity index (χ2v) is 10.4. The van der Waals surface area contributed by atoms with Crippen molar-refractivity contribution in [3.8, 4) is 17.0 Å². The van der Waals surface area contributed by atoms with Crippen molar-refractivity contribution in [3.63, 3.8) is 0 Å². The second-order valence-electron chi connectivity index (χ2n) is 9.60. The Labute approximate surface area is 213 Å². The monoisotopic (exact) mass is 508 g/mol. The quantitative estimate of drug-likeness (QED) is 0.362. The Morgan fingerprint density at radius 1 is 1.09 bits per heavy atom. The van der Waals surface area contributed by atoms with E-state index in [9.17, 15) is 0 Å². The molecule has 1 unspecified atom stereocenters. The van der Waals surface area contributed by atoms with E-state index in [-0.39, 0.29) is 6.10 Å². The molecular weight excluding hydrogens is 483 g/mol. The van der Waals surface area contributed by atoms with Gasteiger partial charge < -0.3 is 15.0 Å². The molecule has 0 bridgehead atoms. The number of rotatable bonds is 5. The van der Waals surface area contributed by atoms with Gasteiger partial charge in [-0.15, -0.1) is 0 Å². The van der Waals surface area contributed by atoms with Gasteiger partial charge in [0.1, 0.15) is 23.4 Å². The van der Waals surface area contributed by atoms with Gasteiger partial charge in [-0.3, -0.25) is 10.1 Å². The van der Waals surface area contributed by atoms with Crippen molar-refractivity contribution in [1.29, 1.82) is 0 Å². The first-order valence-corrected chi connectivity index (χ1v) is 12.6. The molecular formula is C26H26Cl2N6O. The van der Waals surface area contributed by atoms with E-state index in [1.165, 1.54) is 12.8 Å². The summed E-state index contributed by atoms with van der Waals surface area (Å²) in [4.78, 5) is 11.1. The molecule has 2 aliphatic heterocycles. The number of pyridine rings is 2. The normalized spacial score (nSPS) is 18.0. The van der Waals surface area contributed by atoms with Crippen LogP contribution in [-0.2, 0) is 0 Å². The number of aromatic amines is 1. The van der Waals surface area contributed by atoms with Gasteiger partial charge in [-0.25, -0.2) is 4.98 Å². The summed E-state index contributed by atoms with van der Waals surface area (Å²) in [5, 5.41) is 13.1. The Morgan fingerprint density at radius 3 is 2.63 bits per heavy atom. The van der Waals surface area contributed by atoms with E-state index >= 15 is 0 Å². The Hall–Kier alpha value is -2.87. The smallest absolute Gasteiger partial charge is 0.128 e. The van der Waals surface area contributed by atoms with Gasteiger partial charge >= 0.3 is 0 Å². The molecule has 7 nitrogen and oxygen atoms in total. The summed E-state index contributed by atoms with van der Waals surface area (Å²) in [6, 6.07) is 10.0. The van der Waals surface area contributed by atoms with Gasteiger partial charge in [0.05, 0.1) is 15.6 Å². The Balaban J connectivity index is 1.21. The van der Waals surface area contributed by atoms with Crippen LogP contribution in [0.25, 0.3) is 22.2 Å². The highest BCUT2D eigenvalue weighted by Crippen LogP contribution is 2.39. The summed E-state index contributed by atoms with van der Waals surface area (Å²) in [6.45, 7) is 6.32. The summed E-state index contributed by atoms with van der Waals surface area (Å²) >= 11 is 12.6. The molecule has 1 aromatic carbocycles. The molecule has 5 heterocycles. The molecule has 2 aliphatic rings. The minimum Gasteiger partial charge on any atom is -0.486 e. The van der Waals surface area contributed by atoms with Crippen LogP contribution in [0.2, 0.25) is 10.0 Å². The van der Waals surface area contributed by atoms with Crippen LogP contribution in [0.5, 0.6) is 5.75 Å². The lowest BCUT2D eigenvalue weighted by Crippen LogP contribution is -2.62. The topological polar surface area (TPSA) is 79.0 Å². The molecule has 2 saturated heterocycles. The number of anilines is 1. The van der Waals surface area contributed by atoms with Crippen LogP contribution in [-0.4, -0.2) is 46.3 Å². The van der Waals surface area contributed by atoms with Crippen LogP contribution in [0.4, 0.5) is 5.82 Å². The van der Waals surface area contributed by atoms with E-state index in [1.807, 2.05) is 31.3 Å². The van der Waals surface area contributed by atoms with Crippen LogP contribution in [0, 0.1) is 5.41 Å². The van der Waals surface area contributed by atoms with Crippen molar-refractivity contribution in [3.05, 3.63) is 64.5 Å². The molecule has 0 amide bonds. The molecule has 9 heteroatoms. The SMILES string of the molecule is CC(Oc1ccc2[nH]nc(-c3ccc(N4CC5(CCCNC5)C4)nc3)c2c1)c1c(Cl)cncc1Cl. The summed E-state index contributed by atoms with van der Waals surface area (Å²) in [5.41, 5.74) is 3.87. The second kappa shape index (κ2) is 8.97. The number of hydrogen-bond acceptors (Lipinski definition) is 6. The molecule has 0 aliphatic carbocycles. The van der Waals surface area contributed by atoms with Gasteiger partial charge in [-0.1, -0.05) is 23.2 Å². The van der Waals surface area contributed by atoms with Crippen LogP contribution in [0.1, 0.15) is 31.4 Å². The molecule has 6 rings (SSSR count). The number of aromatic nitrogens is 4. The summed E-state index contributed by atoms with van der Waals surface area (Å²) in [7, 11) is 0. The maximum absolute atomic E-state index is 6.31. The Bertz CT molecular complexity index is 1340. The Morgan fingerprint density at radius 2 is 1.91 bits per heavy atom. The molecule has 1 atom stereocenters. The lowest BCUT2D eigenvalue weighted by Gasteiger charge is -2.53. The van der Waals surface area contributed by atoms with Crippen molar-refractivity contribution in [2.24, 2.45) is 5.41 Å². The largest absolute Gasteiger partial charge is 0.486 e. The first-order valence-electron chi connectivity index (χ1n) is 11.9. The fourth-order valence-corrected chi connectivity index (χ4v) is 5.97. The zero-order chi connectivity index (χ0) is 24.0. The molecule has 4 aromatic rings. The summed E-state index contributed by atoms with van der Waals surface area (Å²) < 4.78 is 6.19. The number of hydrogen-bond donors (Lipinski definition) is 2. The minimum atomic E-state index is -0.342. The first kappa shape index (κ1) is 22.6. The van der Waals surface area contributed by atoms with Crippen molar-refractivity contribution in [1.82, 2.24) is 25.5 Å². The third-order valence-corrected chi connectivity index (χ3v) is 7.70. The van der Waals surface area contributed by atoms with Crippen molar-refractivity contribution in [2.45, 2.75) is 25.9 Å². The molecule has 0 radical (unpaired) electrons. The average molecular weight is 509 g/mol. The predicted octanol–water partition coefficient (Wildman–Crippen LogP) is 5.66. The number of nitrogens with one attached hydrogen (secondary N) is 2. The lowest BCUT2D eigenvalue weighted by molar-refractivity contribution is 0.156. The van der Waals surface area contributed by atoms with Gasteiger partial charge in [0.25, 0.3) is 0 Å². The highest BCUT2D eigenvalue weighted by Gasteiger charge is 2.43. The third-order valence-electron chi connectivity index (χ3n) is 7.10. The fraction of sp³-hybridized carbons (Fsp3) is 0.346. The van der Waals surface area contributed by atoms with E-state index in [1.54, 1.807) is 12.4 Å². The van der Waals surface area contributed by atoms with Crippen LogP contribution >= 0.6 is 23.2 Å². The highest BCUT2D eigenvalue weighted by atomic mass is 35.5. The zero-order valence-electron chi connectivity index (χ0n) is 19.4. The Kier molecular flexibility index (Phi) is 5.79. The van der Waals surface area contributed by atoms with Gasteiger partial charge in [0.2, 0.25) is 0 Å². The van der Waals surface area contributed by atoms with E-state index < -0.39 is 0 Å². The number of fused-ring (bicyclic) bond motifs is 1. The number of halogens is 2. The van der Waals surface area contributed by atoms with Crippen molar-refractivity contribution >= 4 is 39.9 Å². The van der Waals surface area contributed by atoms with E-state index in [0.717, 1.165) is 54.2 Å². The highest BCUT2D eigenvalue weighted by molar-refractivity contribution is 6.35. The number of ether oxygens (including phenoxy) is 1. The summed E-state index contributed by atoms with van der Waals surface area (Å²) in [5.74, 6) is 1.72. The van der Waals surface area contributed by atoms with E-state index in [0.29, 0.717) is 26.8 Å². The van der Waals surface area contributed by atoms with Crippen LogP contribution in [0.15, 0.2) is 48.9 Å². The van der Waals surface area contributed by atoms with Crippen molar-refractivity contribution < 1.29 is 4.74 Å². The number of nitrogens with zero attached hydrogens (tertiary/aromatic N) is 4. The minimum absolute atomic E-state index is 0.342. The van der Waals surface area contributed by atoms with Gasteiger partial charge in [0, 0.05) is 60.2 Å². The van der Waals surface area contributed by atoms with Gasteiger partial charge in [-0.2, -0.15) is 5.10 Å². The van der Waals surface area contributed by atoms with Crippen LogP contribution < -0.4 is 15.0 Å². The molecule has 2 N–H and O–H groups in total. The zero-order valence-corrected chi connectivity index (χ0v) is 20.9. The fourth-order valence-electron chi connectivity index (χ4n) is 5.30. The van der Waals surface area contributed by atoms with E-state index in [4.69, 9.17) is 32.9 Å². The molecule has 3 aromatic heterocycles. The summed E-state index contributed by atoms with van der Waals surface area (Å²) in [6.07, 6.45) is 7.27. The van der Waals surface area contributed by atoms with Crippen LogP contribution in [0.3, 0.4) is 0 Å². The third kappa shape index (κ3) is 4.22. The number of H-pyrrole nitrogens is 1. The predicted molar refractivity (Wildman–Crippen MR) is 139 cm³/mol. The molecule has 1 spiro atoms. The van der Waals surface area contributed by atoms with Crippen molar-refractivity contribution in [2.75, 3.05) is 31.1 Å². The number of benzene rings is 1. The molecule has 2 fully saturated rings. The number of piperidine rings is 1. The lowest BCUT2D eigenvalue weighted by atomic mass is 9.74. The van der Waals surface area contributed by atoms with Gasteiger partial charge in [-0.05, 0) is 56.6 Å². The van der Waals surface area contributed by atoms with E-state index in [2.05, 4.69) is 37.5 Å². The molecule has 180 valence electrons.